The quantitative estimate of drug-likeness (QED) is 0.929. The molecule has 1 aromatic rings. The van der Waals surface area contributed by atoms with Gasteiger partial charge >= 0.3 is 6.18 Å². The van der Waals surface area contributed by atoms with Gasteiger partial charge in [-0.1, -0.05) is 0 Å². The fourth-order valence-electron chi connectivity index (χ4n) is 2.47. The molecule has 4 nitrogen and oxygen atoms in total. The molecule has 0 aliphatic carbocycles. The molecule has 0 unspecified atom stereocenters. The van der Waals surface area contributed by atoms with E-state index in [-0.39, 0.29) is 5.56 Å². The molecule has 1 aliphatic rings. The Morgan fingerprint density at radius 3 is 2.52 bits per heavy atom. The molecule has 0 radical (unpaired) electrons. The Bertz CT molecular complexity index is 530. The number of nitrogens with zero attached hydrogens (tertiary/aromatic N) is 3. The van der Waals surface area contributed by atoms with Gasteiger partial charge in [0.05, 0.1) is 22.9 Å². The van der Waals surface area contributed by atoms with Crippen molar-refractivity contribution >= 4 is 5.69 Å². The van der Waals surface area contributed by atoms with Crippen molar-refractivity contribution < 1.29 is 13.2 Å². The van der Waals surface area contributed by atoms with Crippen molar-refractivity contribution in [2.75, 3.05) is 37.7 Å². The molecule has 0 saturated carbocycles. The van der Waals surface area contributed by atoms with E-state index in [4.69, 9.17) is 5.26 Å². The van der Waals surface area contributed by atoms with Crippen LogP contribution in [-0.2, 0) is 6.18 Å². The maximum absolute atomic E-state index is 13.0. The van der Waals surface area contributed by atoms with Crippen molar-refractivity contribution in [2.24, 2.45) is 0 Å². The summed E-state index contributed by atoms with van der Waals surface area (Å²) < 4.78 is 39.1. The molecule has 1 aromatic carbocycles. The van der Waals surface area contributed by atoms with Gasteiger partial charge in [-0.2, -0.15) is 18.4 Å². The molecule has 1 fully saturated rings. The lowest BCUT2D eigenvalue weighted by Gasteiger charge is -2.38. The highest BCUT2D eigenvalue weighted by molar-refractivity contribution is 5.54. The van der Waals surface area contributed by atoms with E-state index in [1.54, 1.807) is 12.1 Å². The molecule has 2 rings (SSSR count). The van der Waals surface area contributed by atoms with Gasteiger partial charge in [0.1, 0.15) is 0 Å². The van der Waals surface area contributed by atoms with Crippen LogP contribution in [0, 0.1) is 11.3 Å². The molecular formula is C14H17F3N4. The first-order valence-electron chi connectivity index (χ1n) is 6.82. The number of nitrogens with one attached hydrogen (secondary N) is 1. The van der Waals surface area contributed by atoms with Crippen LogP contribution in [0.1, 0.15) is 18.1 Å². The third kappa shape index (κ3) is 3.46. The standard InChI is InChI=1S/C14H17F3N4/c1-2-21(20-7-5-19-6-8-20)12-4-3-11(10-18)13(9-12)14(15,16)17/h3-4,9,19H,2,5-8H2,1H3. The van der Waals surface area contributed by atoms with Crippen molar-refractivity contribution in [1.82, 2.24) is 10.3 Å². The molecular weight excluding hydrogens is 281 g/mol. The zero-order valence-corrected chi connectivity index (χ0v) is 11.7. The molecule has 0 aromatic heterocycles. The Kier molecular flexibility index (Phi) is 4.70. The van der Waals surface area contributed by atoms with E-state index in [1.807, 2.05) is 16.9 Å². The van der Waals surface area contributed by atoms with Gasteiger partial charge in [0.15, 0.2) is 0 Å². The highest BCUT2D eigenvalue weighted by atomic mass is 19.4. The molecule has 0 spiro atoms. The molecule has 0 bridgehead atoms. The van der Waals surface area contributed by atoms with E-state index in [9.17, 15) is 13.2 Å². The number of piperazine rings is 1. The average Bonchev–Trinajstić information content (AvgIpc) is 2.48. The fourth-order valence-corrected chi connectivity index (χ4v) is 2.47. The van der Waals surface area contributed by atoms with E-state index < -0.39 is 11.7 Å². The first-order valence-corrected chi connectivity index (χ1v) is 6.82. The highest BCUT2D eigenvalue weighted by Crippen LogP contribution is 2.34. The van der Waals surface area contributed by atoms with Crippen LogP contribution in [0.5, 0.6) is 0 Å². The summed E-state index contributed by atoms with van der Waals surface area (Å²) in [5, 5.41) is 15.9. The molecule has 0 amide bonds. The zero-order chi connectivity index (χ0) is 15.5. The zero-order valence-electron chi connectivity index (χ0n) is 11.7. The molecule has 1 N–H and O–H groups in total. The number of hydrogen-bond acceptors (Lipinski definition) is 4. The number of hydrazine groups is 1. The number of anilines is 1. The lowest BCUT2D eigenvalue weighted by molar-refractivity contribution is -0.137. The topological polar surface area (TPSA) is 42.3 Å². The average molecular weight is 298 g/mol. The van der Waals surface area contributed by atoms with Crippen molar-refractivity contribution in [3.63, 3.8) is 0 Å². The smallest absolute Gasteiger partial charge is 0.314 e. The van der Waals surface area contributed by atoms with Gasteiger partial charge in [0.25, 0.3) is 0 Å². The van der Waals surface area contributed by atoms with E-state index in [2.05, 4.69) is 5.32 Å². The molecule has 21 heavy (non-hydrogen) atoms. The van der Waals surface area contributed by atoms with Gasteiger partial charge in [-0.25, -0.2) is 5.01 Å². The number of benzene rings is 1. The monoisotopic (exact) mass is 298 g/mol. The van der Waals surface area contributed by atoms with Crippen molar-refractivity contribution in [1.29, 1.82) is 5.26 Å². The summed E-state index contributed by atoms with van der Waals surface area (Å²) in [6, 6.07) is 5.47. The maximum Gasteiger partial charge on any atom is 0.417 e. The van der Waals surface area contributed by atoms with Crippen molar-refractivity contribution in [2.45, 2.75) is 13.1 Å². The minimum Gasteiger partial charge on any atom is -0.314 e. The van der Waals surface area contributed by atoms with E-state index in [0.29, 0.717) is 12.2 Å². The summed E-state index contributed by atoms with van der Waals surface area (Å²) in [5.41, 5.74) is -0.760. The van der Waals surface area contributed by atoms with Crippen molar-refractivity contribution in [3.8, 4) is 6.07 Å². The van der Waals surface area contributed by atoms with Crippen LogP contribution in [0.4, 0.5) is 18.9 Å². The molecule has 1 heterocycles. The Morgan fingerprint density at radius 2 is 2.00 bits per heavy atom. The summed E-state index contributed by atoms with van der Waals surface area (Å²) in [6.07, 6.45) is -4.52. The third-order valence-corrected chi connectivity index (χ3v) is 3.46. The second-order valence-electron chi connectivity index (χ2n) is 4.76. The highest BCUT2D eigenvalue weighted by Gasteiger charge is 2.34. The van der Waals surface area contributed by atoms with Crippen LogP contribution >= 0.6 is 0 Å². The predicted molar refractivity (Wildman–Crippen MR) is 73.6 cm³/mol. The van der Waals surface area contributed by atoms with Crippen LogP contribution in [0.15, 0.2) is 18.2 Å². The van der Waals surface area contributed by atoms with Crippen LogP contribution in [0.3, 0.4) is 0 Å². The molecule has 1 saturated heterocycles. The number of rotatable bonds is 3. The van der Waals surface area contributed by atoms with Gasteiger partial charge in [-0.15, -0.1) is 0 Å². The van der Waals surface area contributed by atoms with Gasteiger partial charge in [-0.3, -0.25) is 0 Å². The third-order valence-electron chi connectivity index (χ3n) is 3.46. The molecule has 0 atom stereocenters. The summed E-state index contributed by atoms with van der Waals surface area (Å²) in [7, 11) is 0. The summed E-state index contributed by atoms with van der Waals surface area (Å²) in [6.45, 7) is 5.57. The van der Waals surface area contributed by atoms with E-state index >= 15 is 0 Å². The second kappa shape index (κ2) is 6.33. The lowest BCUT2D eigenvalue weighted by Crippen LogP contribution is -2.52. The molecule has 1 aliphatic heterocycles. The van der Waals surface area contributed by atoms with Gasteiger partial charge in [-0.05, 0) is 25.1 Å². The van der Waals surface area contributed by atoms with Crippen LogP contribution in [0.2, 0.25) is 0 Å². The van der Waals surface area contributed by atoms with Gasteiger partial charge in [0.2, 0.25) is 0 Å². The number of halogens is 3. The van der Waals surface area contributed by atoms with Gasteiger partial charge < -0.3 is 10.3 Å². The fraction of sp³-hybridized carbons (Fsp3) is 0.500. The minimum absolute atomic E-state index is 0.345. The summed E-state index contributed by atoms with van der Waals surface area (Å²) in [4.78, 5) is 0. The Morgan fingerprint density at radius 1 is 1.33 bits per heavy atom. The summed E-state index contributed by atoms with van der Waals surface area (Å²) in [5.74, 6) is 0. The van der Waals surface area contributed by atoms with E-state index in [0.717, 1.165) is 32.2 Å². The number of alkyl halides is 3. The van der Waals surface area contributed by atoms with E-state index in [1.165, 1.54) is 6.07 Å². The number of hydrogen-bond donors (Lipinski definition) is 1. The van der Waals surface area contributed by atoms with Crippen LogP contribution < -0.4 is 10.3 Å². The maximum atomic E-state index is 13.0. The number of nitriles is 1. The molecule has 7 heteroatoms. The Labute approximate surface area is 121 Å². The predicted octanol–water partition coefficient (Wildman–Crippen LogP) is 2.22. The molecule has 114 valence electrons. The lowest BCUT2D eigenvalue weighted by atomic mass is 10.1. The summed E-state index contributed by atoms with van der Waals surface area (Å²) >= 11 is 0. The minimum atomic E-state index is -4.52. The Hall–Kier alpha value is -1.78. The van der Waals surface area contributed by atoms with Crippen LogP contribution in [0.25, 0.3) is 0 Å². The normalized spacial score (nSPS) is 16.5. The Balaban J connectivity index is 2.36. The van der Waals surface area contributed by atoms with Crippen molar-refractivity contribution in [3.05, 3.63) is 29.3 Å². The largest absolute Gasteiger partial charge is 0.417 e. The first kappa shape index (κ1) is 15.6. The van der Waals surface area contributed by atoms with Crippen LogP contribution in [-0.4, -0.2) is 37.7 Å². The van der Waals surface area contributed by atoms with Gasteiger partial charge in [0, 0.05) is 32.7 Å². The SMILES string of the molecule is CCN(c1ccc(C#N)c(C(F)(F)F)c1)N1CCNCC1. The second-order valence-corrected chi connectivity index (χ2v) is 4.76. The first-order chi connectivity index (χ1) is 9.97.